The van der Waals surface area contributed by atoms with Gasteiger partial charge in [0.25, 0.3) is 0 Å². The van der Waals surface area contributed by atoms with Crippen molar-refractivity contribution in [1.29, 1.82) is 0 Å². The van der Waals surface area contributed by atoms with Crippen LogP contribution < -0.4 is 5.32 Å². The number of hydrogen-bond donors (Lipinski definition) is 1. The normalized spacial score (nSPS) is 19.8. The van der Waals surface area contributed by atoms with Gasteiger partial charge in [0.2, 0.25) is 0 Å². The molecule has 0 aromatic heterocycles. The topological polar surface area (TPSA) is 39.7 Å². The third-order valence-electron chi connectivity index (χ3n) is 1.97. The van der Waals surface area contributed by atoms with Crippen molar-refractivity contribution in [2.75, 3.05) is 40.0 Å². The number of likely N-dealkylation sites (N-methyl/N-ethyl adjacent to an activating group) is 1. The number of methoxy groups -OCH3 is 1. The molecule has 78 valence electrons. The Balaban J connectivity index is 2.11. The minimum atomic E-state index is 0.152. The molecule has 0 saturated carbocycles. The first-order valence-electron chi connectivity index (χ1n) is 4.79. The van der Waals surface area contributed by atoms with Gasteiger partial charge >= 0.3 is 0 Å². The standard InChI is InChI=1S/C9H19NO3/c1-3-10-4-8(5-11-2)13-9-6-12-7-9/h8-10H,3-7H2,1-2H3. The van der Waals surface area contributed by atoms with E-state index in [1.807, 2.05) is 0 Å². The van der Waals surface area contributed by atoms with Crippen LogP contribution in [0.3, 0.4) is 0 Å². The summed E-state index contributed by atoms with van der Waals surface area (Å²) in [5, 5.41) is 3.24. The fourth-order valence-electron chi connectivity index (χ4n) is 1.20. The van der Waals surface area contributed by atoms with Gasteiger partial charge in [-0.2, -0.15) is 0 Å². The van der Waals surface area contributed by atoms with Gasteiger partial charge in [-0.15, -0.1) is 0 Å². The lowest BCUT2D eigenvalue weighted by Gasteiger charge is -2.30. The fraction of sp³-hybridized carbons (Fsp3) is 1.00. The van der Waals surface area contributed by atoms with Crippen LogP contribution in [0.25, 0.3) is 0 Å². The Morgan fingerprint density at radius 2 is 2.31 bits per heavy atom. The predicted octanol–water partition coefficient (Wildman–Crippen LogP) is 0.0263. The van der Waals surface area contributed by atoms with E-state index in [-0.39, 0.29) is 12.2 Å². The van der Waals surface area contributed by atoms with Gasteiger partial charge < -0.3 is 19.5 Å². The van der Waals surface area contributed by atoms with Crippen LogP contribution in [-0.2, 0) is 14.2 Å². The summed E-state index contributed by atoms with van der Waals surface area (Å²) in [6.45, 7) is 5.99. The van der Waals surface area contributed by atoms with Crippen LogP contribution in [-0.4, -0.2) is 52.2 Å². The first-order chi connectivity index (χ1) is 6.36. The van der Waals surface area contributed by atoms with E-state index in [4.69, 9.17) is 14.2 Å². The molecule has 1 aliphatic rings. The van der Waals surface area contributed by atoms with E-state index in [0.717, 1.165) is 26.3 Å². The van der Waals surface area contributed by atoms with Crippen LogP contribution in [0.15, 0.2) is 0 Å². The van der Waals surface area contributed by atoms with Crippen molar-refractivity contribution in [1.82, 2.24) is 5.32 Å². The Morgan fingerprint density at radius 3 is 2.77 bits per heavy atom. The van der Waals surface area contributed by atoms with E-state index in [1.165, 1.54) is 0 Å². The van der Waals surface area contributed by atoms with E-state index in [0.29, 0.717) is 6.61 Å². The molecule has 0 aromatic rings. The predicted molar refractivity (Wildman–Crippen MR) is 49.9 cm³/mol. The van der Waals surface area contributed by atoms with Crippen LogP contribution in [0.2, 0.25) is 0 Å². The van der Waals surface area contributed by atoms with Crippen LogP contribution in [0.4, 0.5) is 0 Å². The summed E-state index contributed by atoms with van der Waals surface area (Å²) in [4.78, 5) is 0. The minimum absolute atomic E-state index is 0.152. The van der Waals surface area contributed by atoms with Crippen molar-refractivity contribution in [3.8, 4) is 0 Å². The highest BCUT2D eigenvalue weighted by molar-refractivity contribution is 4.69. The van der Waals surface area contributed by atoms with Crippen molar-refractivity contribution in [2.24, 2.45) is 0 Å². The fourth-order valence-corrected chi connectivity index (χ4v) is 1.20. The second kappa shape index (κ2) is 6.32. The van der Waals surface area contributed by atoms with Gasteiger partial charge in [0.15, 0.2) is 0 Å². The molecule has 0 aromatic carbocycles. The molecule has 0 radical (unpaired) electrons. The Hall–Kier alpha value is -0.160. The van der Waals surface area contributed by atoms with Crippen molar-refractivity contribution in [3.05, 3.63) is 0 Å². The molecule has 1 aliphatic heterocycles. The number of nitrogens with one attached hydrogen (secondary N) is 1. The lowest BCUT2D eigenvalue weighted by molar-refractivity contribution is -0.162. The lowest BCUT2D eigenvalue weighted by Crippen LogP contribution is -2.43. The summed E-state index contributed by atoms with van der Waals surface area (Å²) >= 11 is 0. The molecule has 1 fully saturated rings. The molecule has 0 bridgehead atoms. The maximum atomic E-state index is 5.72. The van der Waals surface area contributed by atoms with E-state index in [1.54, 1.807) is 7.11 Å². The number of hydrogen-bond acceptors (Lipinski definition) is 4. The molecular weight excluding hydrogens is 170 g/mol. The quantitative estimate of drug-likeness (QED) is 0.613. The summed E-state index contributed by atoms with van der Waals surface area (Å²) in [7, 11) is 1.69. The SMILES string of the molecule is CCNCC(COC)OC1COC1. The maximum absolute atomic E-state index is 5.72. The lowest BCUT2D eigenvalue weighted by atomic mass is 10.3. The van der Waals surface area contributed by atoms with Crippen molar-refractivity contribution >= 4 is 0 Å². The van der Waals surface area contributed by atoms with Gasteiger partial charge in [0.05, 0.1) is 25.9 Å². The second-order valence-electron chi connectivity index (χ2n) is 3.18. The largest absolute Gasteiger partial charge is 0.382 e. The first-order valence-corrected chi connectivity index (χ1v) is 4.79. The van der Waals surface area contributed by atoms with Gasteiger partial charge in [0.1, 0.15) is 6.10 Å². The van der Waals surface area contributed by atoms with E-state index in [2.05, 4.69) is 12.2 Å². The Labute approximate surface area is 79.5 Å². The highest BCUT2D eigenvalue weighted by Crippen LogP contribution is 2.08. The van der Waals surface area contributed by atoms with Gasteiger partial charge in [0, 0.05) is 13.7 Å². The van der Waals surface area contributed by atoms with Crippen LogP contribution in [0, 0.1) is 0 Å². The summed E-state index contributed by atoms with van der Waals surface area (Å²) in [5.74, 6) is 0. The van der Waals surface area contributed by atoms with Gasteiger partial charge in [-0.05, 0) is 6.54 Å². The molecule has 1 heterocycles. The molecule has 4 heteroatoms. The van der Waals surface area contributed by atoms with Gasteiger partial charge in [-0.25, -0.2) is 0 Å². The molecule has 0 aliphatic carbocycles. The Kier molecular flexibility index (Phi) is 5.31. The molecular formula is C9H19NO3. The molecule has 1 N–H and O–H groups in total. The Bertz CT molecular complexity index is 128. The van der Waals surface area contributed by atoms with Gasteiger partial charge in [-0.1, -0.05) is 6.92 Å². The van der Waals surface area contributed by atoms with Gasteiger partial charge in [-0.3, -0.25) is 0 Å². The van der Waals surface area contributed by atoms with E-state index in [9.17, 15) is 0 Å². The molecule has 1 saturated heterocycles. The van der Waals surface area contributed by atoms with E-state index >= 15 is 0 Å². The highest BCUT2D eigenvalue weighted by atomic mass is 16.6. The molecule has 4 nitrogen and oxygen atoms in total. The number of rotatable bonds is 7. The monoisotopic (exact) mass is 189 g/mol. The summed E-state index contributed by atoms with van der Waals surface area (Å²) in [6, 6.07) is 0. The minimum Gasteiger partial charge on any atom is -0.382 e. The number of ether oxygens (including phenoxy) is 3. The third kappa shape index (κ3) is 4.04. The van der Waals surface area contributed by atoms with E-state index < -0.39 is 0 Å². The molecule has 0 spiro atoms. The molecule has 1 unspecified atom stereocenters. The zero-order valence-electron chi connectivity index (χ0n) is 8.41. The van der Waals surface area contributed by atoms with Crippen LogP contribution >= 0.6 is 0 Å². The third-order valence-corrected chi connectivity index (χ3v) is 1.97. The average molecular weight is 189 g/mol. The maximum Gasteiger partial charge on any atom is 0.105 e. The van der Waals surface area contributed by atoms with Crippen LogP contribution in [0.5, 0.6) is 0 Å². The summed E-state index contributed by atoms with van der Waals surface area (Å²) < 4.78 is 15.8. The molecule has 1 atom stereocenters. The van der Waals surface area contributed by atoms with Crippen LogP contribution in [0.1, 0.15) is 6.92 Å². The van der Waals surface area contributed by atoms with Crippen molar-refractivity contribution < 1.29 is 14.2 Å². The summed E-state index contributed by atoms with van der Waals surface area (Å²) in [5.41, 5.74) is 0. The zero-order chi connectivity index (χ0) is 9.52. The Morgan fingerprint density at radius 1 is 1.54 bits per heavy atom. The summed E-state index contributed by atoms with van der Waals surface area (Å²) in [6.07, 6.45) is 0.428. The highest BCUT2D eigenvalue weighted by Gasteiger charge is 2.23. The second-order valence-corrected chi connectivity index (χ2v) is 3.18. The first kappa shape index (κ1) is 10.9. The smallest absolute Gasteiger partial charge is 0.105 e. The molecule has 13 heavy (non-hydrogen) atoms. The molecule has 1 rings (SSSR count). The van der Waals surface area contributed by atoms with Crippen molar-refractivity contribution in [2.45, 2.75) is 19.1 Å². The average Bonchev–Trinajstić information content (AvgIpc) is 2.07. The molecule has 0 amide bonds. The zero-order valence-corrected chi connectivity index (χ0v) is 8.41. The van der Waals surface area contributed by atoms with Crippen molar-refractivity contribution in [3.63, 3.8) is 0 Å².